The number of fused-ring (bicyclic) bond motifs is 3. The number of nitrogens with two attached hydrogens (primary N) is 1. The highest BCUT2D eigenvalue weighted by molar-refractivity contribution is 7.17. The zero-order valence-corrected chi connectivity index (χ0v) is 20.5. The summed E-state index contributed by atoms with van der Waals surface area (Å²) >= 11 is 1.42. The standard InChI is InChI=1S/C26H25F2N5O2S/c1-32-7-9-33(10-8-32)26(34)17-2-5-22-19(12-17)24-16(6-11-35-22)13-23(36-24)25(30-15-29)31-21-4-3-18(27)14-20(21)28/h2-5,12-15H,6-11H2,1H3,(H2,29,30,31). The van der Waals surface area contributed by atoms with Crippen LogP contribution in [0.5, 0.6) is 5.75 Å². The number of amidine groups is 1. The quantitative estimate of drug-likeness (QED) is 0.426. The summed E-state index contributed by atoms with van der Waals surface area (Å²) in [5.74, 6) is -0.564. The molecule has 1 aromatic heterocycles. The van der Waals surface area contributed by atoms with Gasteiger partial charge in [-0.2, -0.15) is 0 Å². The second-order valence-corrected chi connectivity index (χ2v) is 9.73. The summed E-state index contributed by atoms with van der Waals surface area (Å²) in [6.07, 6.45) is 1.74. The number of hydrogen-bond acceptors (Lipinski definition) is 5. The Balaban J connectivity index is 1.52. The number of likely N-dealkylation sites (N-methyl/N-ethyl adjacent to an activating group) is 1. The van der Waals surface area contributed by atoms with Crippen LogP contribution in [0.4, 0.5) is 14.5 Å². The van der Waals surface area contributed by atoms with E-state index in [1.54, 1.807) is 0 Å². The Morgan fingerprint density at radius 1 is 1.11 bits per heavy atom. The van der Waals surface area contributed by atoms with Gasteiger partial charge in [0.15, 0.2) is 11.7 Å². The first kappa shape index (κ1) is 24.1. The third-order valence-corrected chi connectivity index (χ3v) is 7.46. The average Bonchev–Trinajstić information content (AvgIpc) is 3.21. The molecule has 5 rings (SSSR count). The maximum Gasteiger partial charge on any atom is 0.253 e. The lowest BCUT2D eigenvalue weighted by atomic mass is 10.0. The van der Waals surface area contributed by atoms with Crippen LogP contribution in [0.15, 0.2) is 52.4 Å². The molecule has 2 aliphatic rings. The minimum absolute atomic E-state index is 0.00440. The Morgan fingerprint density at radius 3 is 2.67 bits per heavy atom. The second kappa shape index (κ2) is 10.2. The van der Waals surface area contributed by atoms with Crippen molar-refractivity contribution in [3.05, 3.63) is 70.1 Å². The van der Waals surface area contributed by atoms with E-state index in [1.807, 2.05) is 36.2 Å². The van der Waals surface area contributed by atoms with E-state index in [9.17, 15) is 13.6 Å². The maximum absolute atomic E-state index is 14.3. The number of amides is 1. The number of benzene rings is 2. The van der Waals surface area contributed by atoms with E-state index in [4.69, 9.17) is 10.5 Å². The summed E-state index contributed by atoms with van der Waals surface area (Å²) in [4.78, 5) is 27.3. The summed E-state index contributed by atoms with van der Waals surface area (Å²) in [7, 11) is 2.05. The Kier molecular flexibility index (Phi) is 6.80. The molecule has 3 aromatic rings. The van der Waals surface area contributed by atoms with E-state index in [-0.39, 0.29) is 17.4 Å². The molecule has 3 heterocycles. The minimum atomic E-state index is -0.788. The highest BCUT2D eigenvalue weighted by Crippen LogP contribution is 2.42. The van der Waals surface area contributed by atoms with E-state index in [2.05, 4.69) is 14.9 Å². The SMILES string of the molecule is CN1CCN(C(=O)c2ccc3c(c2)-c2sc(C(N=CN)=Nc4ccc(F)cc4F)cc2CCO3)CC1. The fourth-order valence-corrected chi connectivity index (χ4v) is 5.46. The van der Waals surface area contributed by atoms with Crippen molar-refractivity contribution in [1.29, 1.82) is 0 Å². The topological polar surface area (TPSA) is 83.5 Å². The first-order chi connectivity index (χ1) is 17.4. The Bertz CT molecular complexity index is 1360. The number of nitrogens with zero attached hydrogens (tertiary/aromatic N) is 4. The van der Waals surface area contributed by atoms with Crippen LogP contribution in [0.1, 0.15) is 20.8 Å². The third kappa shape index (κ3) is 4.87. The molecule has 0 aliphatic carbocycles. The number of rotatable bonds is 3. The van der Waals surface area contributed by atoms with Gasteiger partial charge in [0, 0.05) is 54.7 Å². The first-order valence-electron chi connectivity index (χ1n) is 11.6. The van der Waals surface area contributed by atoms with Gasteiger partial charge in [-0.05, 0) is 49.0 Å². The Hall–Kier alpha value is -3.63. The molecule has 0 saturated carbocycles. The predicted octanol–water partition coefficient (Wildman–Crippen LogP) is 4.08. The molecule has 10 heteroatoms. The maximum atomic E-state index is 14.3. The largest absolute Gasteiger partial charge is 0.493 e. The summed E-state index contributed by atoms with van der Waals surface area (Å²) in [5.41, 5.74) is 7.95. The van der Waals surface area contributed by atoms with Crippen molar-refractivity contribution in [3.63, 3.8) is 0 Å². The average molecular weight is 510 g/mol. The lowest BCUT2D eigenvalue weighted by molar-refractivity contribution is 0.0664. The van der Waals surface area contributed by atoms with Crippen LogP contribution in [0.3, 0.4) is 0 Å². The molecule has 7 nitrogen and oxygen atoms in total. The third-order valence-electron chi connectivity index (χ3n) is 6.25. The fourth-order valence-electron chi connectivity index (χ4n) is 4.29. The number of ether oxygens (including phenoxy) is 1. The molecule has 1 amide bonds. The molecule has 0 spiro atoms. The molecule has 186 valence electrons. The molecular weight excluding hydrogens is 484 g/mol. The van der Waals surface area contributed by atoms with Gasteiger partial charge >= 0.3 is 0 Å². The number of carbonyl (C=O) groups excluding carboxylic acids is 1. The molecule has 2 aromatic carbocycles. The lowest BCUT2D eigenvalue weighted by Gasteiger charge is -2.32. The van der Waals surface area contributed by atoms with Crippen molar-refractivity contribution >= 4 is 35.1 Å². The molecule has 1 saturated heterocycles. The monoisotopic (exact) mass is 509 g/mol. The molecular formula is C26H25F2N5O2S. The van der Waals surface area contributed by atoms with E-state index < -0.39 is 11.6 Å². The van der Waals surface area contributed by atoms with Crippen LogP contribution in [-0.2, 0) is 6.42 Å². The molecule has 36 heavy (non-hydrogen) atoms. The first-order valence-corrected chi connectivity index (χ1v) is 12.4. The second-order valence-electron chi connectivity index (χ2n) is 8.68. The van der Waals surface area contributed by atoms with Crippen molar-refractivity contribution in [1.82, 2.24) is 9.80 Å². The molecule has 0 unspecified atom stereocenters. The molecule has 0 atom stereocenters. The van der Waals surface area contributed by atoms with Crippen LogP contribution in [0, 0.1) is 11.6 Å². The van der Waals surface area contributed by atoms with Gasteiger partial charge in [-0.3, -0.25) is 4.79 Å². The van der Waals surface area contributed by atoms with E-state index in [1.165, 1.54) is 17.4 Å². The molecule has 0 bridgehead atoms. The molecule has 1 fully saturated rings. The summed E-state index contributed by atoms with van der Waals surface area (Å²) in [6, 6.07) is 10.6. The summed E-state index contributed by atoms with van der Waals surface area (Å²) < 4.78 is 33.6. The van der Waals surface area contributed by atoms with Crippen LogP contribution < -0.4 is 10.5 Å². The van der Waals surface area contributed by atoms with E-state index in [0.29, 0.717) is 42.3 Å². The highest BCUT2D eigenvalue weighted by atomic mass is 32.1. The normalized spacial score (nSPS) is 16.4. The van der Waals surface area contributed by atoms with Crippen molar-refractivity contribution in [2.24, 2.45) is 15.7 Å². The zero-order chi connectivity index (χ0) is 25.2. The van der Waals surface area contributed by atoms with Crippen LogP contribution in [-0.4, -0.2) is 67.7 Å². The van der Waals surface area contributed by atoms with Gasteiger partial charge in [-0.1, -0.05) is 0 Å². The van der Waals surface area contributed by atoms with Gasteiger partial charge in [0.25, 0.3) is 5.91 Å². The summed E-state index contributed by atoms with van der Waals surface area (Å²) in [5, 5.41) is 0. The van der Waals surface area contributed by atoms with Crippen molar-refractivity contribution in [2.75, 3.05) is 39.8 Å². The van der Waals surface area contributed by atoms with E-state index >= 15 is 0 Å². The number of thiophene rings is 1. The highest BCUT2D eigenvalue weighted by Gasteiger charge is 2.25. The van der Waals surface area contributed by atoms with Crippen LogP contribution in [0.25, 0.3) is 10.4 Å². The van der Waals surface area contributed by atoms with Gasteiger partial charge in [-0.25, -0.2) is 18.8 Å². The number of halogens is 2. The zero-order valence-electron chi connectivity index (χ0n) is 19.7. The molecule has 0 radical (unpaired) electrons. The molecule has 2 N–H and O–H groups in total. The summed E-state index contributed by atoms with van der Waals surface area (Å²) in [6.45, 7) is 3.54. The van der Waals surface area contributed by atoms with Gasteiger partial charge in [0.2, 0.25) is 0 Å². The Labute approximate surface area is 211 Å². The predicted molar refractivity (Wildman–Crippen MR) is 138 cm³/mol. The minimum Gasteiger partial charge on any atom is -0.493 e. The Morgan fingerprint density at radius 2 is 1.92 bits per heavy atom. The number of hydrogen-bond donors (Lipinski definition) is 1. The van der Waals surface area contributed by atoms with Gasteiger partial charge in [-0.15, -0.1) is 11.3 Å². The van der Waals surface area contributed by atoms with Crippen LogP contribution in [0.2, 0.25) is 0 Å². The van der Waals surface area contributed by atoms with E-state index in [0.717, 1.165) is 47.6 Å². The van der Waals surface area contributed by atoms with Crippen molar-refractivity contribution in [2.45, 2.75) is 6.42 Å². The fraction of sp³-hybridized carbons (Fsp3) is 0.269. The smallest absolute Gasteiger partial charge is 0.253 e. The number of aliphatic imine (C=N–C) groups is 2. The van der Waals surface area contributed by atoms with Gasteiger partial charge in [0.05, 0.1) is 17.8 Å². The van der Waals surface area contributed by atoms with Gasteiger partial charge < -0.3 is 20.3 Å². The van der Waals surface area contributed by atoms with Crippen molar-refractivity contribution < 1.29 is 18.3 Å². The lowest BCUT2D eigenvalue weighted by Crippen LogP contribution is -2.47. The van der Waals surface area contributed by atoms with Gasteiger partial charge in [0.1, 0.15) is 17.3 Å². The molecule has 2 aliphatic heterocycles. The number of carbonyl (C=O) groups is 1. The number of piperazine rings is 1. The van der Waals surface area contributed by atoms with Crippen LogP contribution >= 0.6 is 11.3 Å². The van der Waals surface area contributed by atoms with Crippen molar-refractivity contribution in [3.8, 4) is 16.2 Å².